The molecule has 1 amide bonds. The lowest BCUT2D eigenvalue weighted by Crippen LogP contribution is -2.60. The topological polar surface area (TPSA) is 149 Å². The van der Waals surface area contributed by atoms with Crippen LogP contribution in [0.1, 0.15) is 174 Å². The fourth-order valence-electron chi connectivity index (χ4n) is 6.33. The summed E-state index contributed by atoms with van der Waals surface area (Å²) in [6.45, 7) is 3.74. The third-order valence-corrected chi connectivity index (χ3v) is 9.61. The van der Waals surface area contributed by atoms with Crippen LogP contribution in [0.3, 0.4) is 0 Å². The van der Waals surface area contributed by atoms with Crippen LogP contribution in [-0.2, 0) is 14.3 Å². The normalized spacial score (nSPS) is 22.7. The van der Waals surface area contributed by atoms with Gasteiger partial charge in [-0.05, 0) is 19.3 Å². The zero-order valence-electron chi connectivity index (χ0n) is 30.7. The summed E-state index contributed by atoms with van der Waals surface area (Å²) in [5, 5.41) is 53.9. The zero-order chi connectivity index (χ0) is 35.2. The maximum absolute atomic E-state index is 12.9. The molecular formula is C39H75NO8. The Labute approximate surface area is 293 Å². The Morgan fingerprint density at radius 3 is 1.62 bits per heavy atom. The average molecular weight is 686 g/mol. The number of ether oxygens (including phenoxy) is 2. The first-order valence-electron chi connectivity index (χ1n) is 19.9. The van der Waals surface area contributed by atoms with E-state index in [4.69, 9.17) is 9.47 Å². The van der Waals surface area contributed by atoms with E-state index in [1.54, 1.807) is 6.08 Å². The summed E-state index contributed by atoms with van der Waals surface area (Å²) in [5.74, 6) is -0.178. The Kier molecular flexibility index (Phi) is 28.8. The third kappa shape index (κ3) is 21.9. The van der Waals surface area contributed by atoms with Crippen LogP contribution >= 0.6 is 0 Å². The standard InChI is InChI=1S/C39H75NO8/c1-3-5-7-9-11-13-15-16-17-19-21-23-25-27-29-35(43)40-32(31-47-39-38(46)37(45)36(44)34(30-41)48-39)33(42)28-26-24-22-20-18-14-12-10-8-6-4-2/h26,28,32-34,36-39,41-42,44-46H,3-25,27,29-31H2,1-2H3,(H,40,43)/b28-26+/t32-,33+,34+,36+,37?,38?,39+/m0/s1. The van der Waals surface area contributed by atoms with Crippen molar-refractivity contribution in [1.82, 2.24) is 5.32 Å². The van der Waals surface area contributed by atoms with Crippen molar-refractivity contribution in [2.24, 2.45) is 0 Å². The molecule has 1 fully saturated rings. The number of hydrogen-bond donors (Lipinski definition) is 6. The second-order valence-electron chi connectivity index (χ2n) is 14.1. The van der Waals surface area contributed by atoms with E-state index in [1.807, 2.05) is 6.08 Å². The van der Waals surface area contributed by atoms with E-state index < -0.39 is 49.5 Å². The summed E-state index contributed by atoms with van der Waals surface area (Å²) in [6.07, 6.45) is 25.3. The first-order chi connectivity index (χ1) is 23.3. The highest BCUT2D eigenvalue weighted by molar-refractivity contribution is 5.76. The maximum Gasteiger partial charge on any atom is 0.220 e. The zero-order valence-corrected chi connectivity index (χ0v) is 30.7. The van der Waals surface area contributed by atoms with Gasteiger partial charge in [-0.15, -0.1) is 0 Å². The second kappa shape index (κ2) is 30.7. The second-order valence-corrected chi connectivity index (χ2v) is 14.1. The van der Waals surface area contributed by atoms with Crippen molar-refractivity contribution in [1.29, 1.82) is 0 Å². The summed E-state index contributed by atoms with van der Waals surface area (Å²) in [6, 6.07) is -0.795. The van der Waals surface area contributed by atoms with Gasteiger partial charge in [-0.2, -0.15) is 0 Å². The molecule has 0 saturated carbocycles. The summed E-state index contributed by atoms with van der Waals surface area (Å²) >= 11 is 0. The SMILES string of the molecule is CCCCCCCCCCC/C=C/[C@@H](O)[C@H](CO[C@@H]1O[C@H](CO)[C@@H](O)C(O)C1O)NC(=O)CCCCCCCCCCCCCCCC. The molecular weight excluding hydrogens is 610 g/mol. The quantitative estimate of drug-likeness (QED) is 0.0328. The van der Waals surface area contributed by atoms with Crippen LogP contribution in [-0.4, -0.2) is 87.5 Å². The Morgan fingerprint density at radius 2 is 1.15 bits per heavy atom. The molecule has 0 aromatic carbocycles. The molecule has 0 aromatic heterocycles. The summed E-state index contributed by atoms with van der Waals surface area (Å²) in [4.78, 5) is 12.9. The minimum atomic E-state index is -1.56. The van der Waals surface area contributed by atoms with Crippen molar-refractivity contribution >= 4 is 5.91 Å². The highest BCUT2D eigenvalue weighted by Crippen LogP contribution is 2.22. The summed E-state index contributed by atoms with van der Waals surface area (Å²) in [5.41, 5.74) is 0. The van der Waals surface area contributed by atoms with Crippen molar-refractivity contribution in [3.8, 4) is 0 Å². The number of allylic oxidation sites excluding steroid dienone is 1. The van der Waals surface area contributed by atoms with Gasteiger partial charge >= 0.3 is 0 Å². The first kappa shape index (κ1) is 45.0. The van der Waals surface area contributed by atoms with E-state index in [-0.39, 0.29) is 12.5 Å². The van der Waals surface area contributed by atoms with Crippen LogP contribution in [0.2, 0.25) is 0 Å². The molecule has 0 aromatic rings. The first-order valence-corrected chi connectivity index (χ1v) is 19.9. The molecule has 48 heavy (non-hydrogen) atoms. The predicted molar refractivity (Wildman–Crippen MR) is 194 cm³/mol. The van der Waals surface area contributed by atoms with Crippen molar-refractivity contribution < 1.29 is 39.8 Å². The number of carbonyl (C=O) groups is 1. The monoisotopic (exact) mass is 686 g/mol. The molecule has 284 valence electrons. The van der Waals surface area contributed by atoms with Crippen molar-refractivity contribution in [2.45, 2.75) is 217 Å². The maximum atomic E-state index is 12.9. The summed E-state index contributed by atoms with van der Waals surface area (Å²) < 4.78 is 11.2. The largest absolute Gasteiger partial charge is 0.394 e. The predicted octanol–water partition coefficient (Wildman–Crippen LogP) is 7.00. The third-order valence-electron chi connectivity index (χ3n) is 9.61. The van der Waals surface area contributed by atoms with E-state index in [9.17, 15) is 30.3 Å². The number of amides is 1. The number of aliphatic hydroxyl groups excluding tert-OH is 5. The molecule has 1 rings (SSSR count). The van der Waals surface area contributed by atoms with Gasteiger partial charge in [-0.25, -0.2) is 0 Å². The van der Waals surface area contributed by atoms with Crippen molar-refractivity contribution in [3.63, 3.8) is 0 Å². The molecule has 0 aliphatic carbocycles. The molecule has 7 atom stereocenters. The van der Waals surface area contributed by atoms with Gasteiger partial charge in [0, 0.05) is 6.42 Å². The number of unbranched alkanes of at least 4 members (excludes halogenated alkanes) is 22. The molecule has 0 bridgehead atoms. The lowest BCUT2D eigenvalue weighted by atomic mass is 9.99. The van der Waals surface area contributed by atoms with Crippen LogP contribution < -0.4 is 5.32 Å². The van der Waals surface area contributed by atoms with Crippen LogP contribution in [0.25, 0.3) is 0 Å². The fraction of sp³-hybridized carbons (Fsp3) is 0.923. The number of carbonyl (C=O) groups excluding carboxylic acids is 1. The Morgan fingerprint density at radius 1 is 0.688 bits per heavy atom. The summed E-state index contributed by atoms with van der Waals surface area (Å²) in [7, 11) is 0. The van der Waals surface area contributed by atoms with Gasteiger partial charge in [-0.3, -0.25) is 4.79 Å². The number of rotatable bonds is 32. The Bertz CT molecular complexity index is 766. The van der Waals surface area contributed by atoms with E-state index in [0.29, 0.717) is 6.42 Å². The molecule has 1 aliphatic heterocycles. The molecule has 0 radical (unpaired) electrons. The van der Waals surface area contributed by atoms with Crippen LogP contribution in [0.4, 0.5) is 0 Å². The van der Waals surface area contributed by atoms with Crippen molar-refractivity contribution in [2.75, 3.05) is 13.2 Å². The molecule has 2 unspecified atom stereocenters. The van der Waals surface area contributed by atoms with Crippen molar-refractivity contribution in [3.05, 3.63) is 12.2 Å². The van der Waals surface area contributed by atoms with Gasteiger partial charge in [0.25, 0.3) is 0 Å². The van der Waals surface area contributed by atoms with Gasteiger partial charge < -0.3 is 40.3 Å². The van der Waals surface area contributed by atoms with Gasteiger partial charge in [0.1, 0.15) is 24.4 Å². The molecule has 6 N–H and O–H groups in total. The highest BCUT2D eigenvalue weighted by atomic mass is 16.7. The molecule has 1 heterocycles. The molecule has 0 spiro atoms. The van der Waals surface area contributed by atoms with Gasteiger partial charge in [0.15, 0.2) is 6.29 Å². The fourth-order valence-corrected chi connectivity index (χ4v) is 6.33. The lowest BCUT2D eigenvalue weighted by molar-refractivity contribution is -0.302. The van der Waals surface area contributed by atoms with Gasteiger partial charge in [0.05, 0.1) is 25.4 Å². The van der Waals surface area contributed by atoms with Gasteiger partial charge in [-0.1, -0.05) is 161 Å². The lowest BCUT2D eigenvalue weighted by Gasteiger charge is -2.40. The van der Waals surface area contributed by atoms with E-state index in [1.165, 1.54) is 116 Å². The molecule has 9 heteroatoms. The van der Waals surface area contributed by atoms with Crippen LogP contribution in [0, 0.1) is 0 Å². The molecule has 1 saturated heterocycles. The molecule has 1 aliphatic rings. The highest BCUT2D eigenvalue weighted by Gasteiger charge is 2.44. The van der Waals surface area contributed by atoms with Gasteiger partial charge in [0.2, 0.25) is 5.91 Å². The smallest absolute Gasteiger partial charge is 0.220 e. The Balaban J connectivity index is 2.43. The minimum absolute atomic E-state index is 0.178. The number of aliphatic hydroxyl groups is 5. The van der Waals surface area contributed by atoms with E-state index >= 15 is 0 Å². The average Bonchev–Trinajstić information content (AvgIpc) is 3.08. The Hall–Kier alpha value is -1.07. The van der Waals surface area contributed by atoms with Crippen LogP contribution in [0.15, 0.2) is 12.2 Å². The minimum Gasteiger partial charge on any atom is -0.394 e. The molecule has 9 nitrogen and oxygen atoms in total. The van der Waals surface area contributed by atoms with Crippen LogP contribution in [0.5, 0.6) is 0 Å². The number of hydrogen-bond acceptors (Lipinski definition) is 8. The van der Waals surface area contributed by atoms with E-state index in [2.05, 4.69) is 19.2 Å². The number of nitrogens with one attached hydrogen (secondary N) is 1. The van der Waals surface area contributed by atoms with E-state index in [0.717, 1.165) is 38.5 Å².